The van der Waals surface area contributed by atoms with E-state index in [1.54, 1.807) is 12.1 Å². The molecular weight excluding hydrogens is 318 g/mol. The highest BCUT2D eigenvalue weighted by Crippen LogP contribution is 2.28. The standard InChI is InChI=1S/C16H12ClN3O3/c1-9-6-11(8-12(17)7-9)10-2-4-13(5-3-10)23-15-14(16(21)22)18-20-19-15/h2-8H,1H3,(H,21,22)(H,18,19,20). The third-order valence-electron chi connectivity index (χ3n) is 3.17. The van der Waals surface area contributed by atoms with Crippen LogP contribution in [0.3, 0.4) is 0 Å². The maximum atomic E-state index is 11.0. The summed E-state index contributed by atoms with van der Waals surface area (Å²) in [6.07, 6.45) is 0. The fraction of sp³-hybridized carbons (Fsp3) is 0.0625. The van der Waals surface area contributed by atoms with Crippen LogP contribution in [-0.2, 0) is 0 Å². The first-order chi connectivity index (χ1) is 11.0. The zero-order chi connectivity index (χ0) is 16.4. The van der Waals surface area contributed by atoms with Gasteiger partial charge in [0.15, 0.2) is 0 Å². The van der Waals surface area contributed by atoms with Gasteiger partial charge in [0.1, 0.15) is 5.75 Å². The minimum atomic E-state index is -1.18. The number of hydrogen-bond acceptors (Lipinski definition) is 4. The molecule has 0 atom stereocenters. The van der Waals surface area contributed by atoms with Crippen LogP contribution in [-0.4, -0.2) is 26.5 Å². The molecule has 3 rings (SSSR count). The second-order valence-corrected chi connectivity index (χ2v) is 5.38. The van der Waals surface area contributed by atoms with E-state index in [1.807, 2.05) is 37.3 Å². The van der Waals surface area contributed by atoms with Gasteiger partial charge in [-0.15, -0.1) is 0 Å². The van der Waals surface area contributed by atoms with E-state index in [2.05, 4.69) is 15.4 Å². The first-order valence-corrected chi connectivity index (χ1v) is 7.10. The van der Waals surface area contributed by atoms with Gasteiger partial charge >= 0.3 is 5.97 Å². The van der Waals surface area contributed by atoms with Crippen LogP contribution in [0.2, 0.25) is 5.02 Å². The smallest absolute Gasteiger partial charge is 0.359 e. The Labute approximate surface area is 136 Å². The van der Waals surface area contributed by atoms with Gasteiger partial charge in [-0.25, -0.2) is 9.89 Å². The van der Waals surface area contributed by atoms with E-state index in [1.165, 1.54) is 0 Å². The monoisotopic (exact) mass is 329 g/mol. The number of H-pyrrole nitrogens is 1. The molecule has 0 saturated heterocycles. The summed E-state index contributed by atoms with van der Waals surface area (Å²) in [6.45, 7) is 1.98. The summed E-state index contributed by atoms with van der Waals surface area (Å²) >= 11 is 6.07. The van der Waals surface area contributed by atoms with Gasteiger partial charge in [-0.1, -0.05) is 40.1 Å². The van der Waals surface area contributed by atoms with E-state index < -0.39 is 5.97 Å². The second-order valence-electron chi connectivity index (χ2n) is 4.94. The van der Waals surface area contributed by atoms with Gasteiger partial charge in [0.2, 0.25) is 5.69 Å². The summed E-state index contributed by atoms with van der Waals surface area (Å²) in [5.74, 6) is -0.802. The molecule has 0 saturated carbocycles. The van der Waals surface area contributed by atoms with Crippen molar-refractivity contribution in [2.24, 2.45) is 0 Å². The Hall–Kier alpha value is -2.86. The van der Waals surface area contributed by atoms with Crippen LogP contribution in [0.25, 0.3) is 11.1 Å². The SMILES string of the molecule is Cc1cc(Cl)cc(-c2ccc(Oc3nn[nH]c3C(=O)O)cc2)c1. The van der Waals surface area contributed by atoms with Gasteiger partial charge in [0.25, 0.3) is 5.88 Å². The first-order valence-electron chi connectivity index (χ1n) is 6.73. The van der Waals surface area contributed by atoms with Crippen LogP contribution >= 0.6 is 11.6 Å². The molecule has 7 heteroatoms. The van der Waals surface area contributed by atoms with Crippen LogP contribution in [0.15, 0.2) is 42.5 Å². The highest BCUT2D eigenvalue weighted by Gasteiger charge is 2.16. The normalized spacial score (nSPS) is 10.5. The van der Waals surface area contributed by atoms with Gasteiger partial charge in [0, 0.05) is 5.02 Å². The lowest BCUT2D eigenvalue weighted by Gasteiger charge is -2.07. The van der Waals surface area contributed by atoms with Crippen molar-refractivity contribution in [3.63, 3.8) is 0 Å². The number of nitrogens with zero attached hydrogens (tertiary/aromatic N) is 2. The number of aryl methyl sites for hydroxylation is 1. The van der Waals surface area contributed by atoms with Gasteiger partial charge in [-0.05, 0) is 47.9 Å². The van der Waals surface area contributed by atoms with Crippen molar-refractivity contribution < 1.29 is 14.6 Å². The Morgan fingerprint density at radius 1 is 1.17 bits per heavy atom. The fourth-order valence-corrected chi connectivity index (χ4v) is 2.45. The molecule has 23 heavy (non-hydrogen) atoms. The molecular formula is C16H12ClN3O3. The molecule has 0 bridgehead atoms. The Balaban J connectivity index is 1.84. The highest BCUT2D eigenvalue weighted by molar-refractivity contribution is 6.30. The van der Waals surface area contributed by atoms with E-state index in [0.717, 1.165) is 16.7 Å². The topological polar surface area (TPSA) is 88.1 Å². The number of nitrogens with one attached hydrogen (secondary N) is 1. The van der Waals surface area contributed by atoms with Gasteiger partial charge in [-0.3, -0.25) is 0 Å². The van der Waals surface area contributed by atoms with Crippen molar-refractivity contribution in [1.29, 1.82) is 0 Å². The maximum absolute atomic E-state index is 11.0. The molecule has 0 fully saturated rings. The molecule has 1 heterocycles. The second kappa shape index (κ2) is 6.10. The fourth-order valence-electron chi connectivity index (χ4n) is 2.16. The molecule has 3 aromatic rings. The zero-order valence-corrected chi connectivity index (χ0v) is 12.8. The number of halogens is 1. The third kappa shape index (κ3) is 3.32. The number of ether oxygens (including phenoxy) is 1. The number of aromatic carboxylic acids is 1. The van der Waals surface area contributed by atoms with Crippen molar-refractivity contribution >= 4 is 17.6 Å². The molecule has 0 aliphatic heterocycles. The minimum Gasteiger partial charge on any atom is -0.476 e. The maximum Gasteiger partial charge on any atom is 0.359 e. The minimum absolute atomic E-state index is 0.0798. The molecule has 6 nitrogen and oxygen atoms in total. The third-order valence-corrected chi connectivity index (χ3v) is 3.39. The highest BCUT2D eigenvalue weighted by atomic mass is 35.5. The van der Waals surface area contributed by atoms with E-state index >= 15 is 0 Å². The Bertz CT molecular complexity index is 839. The lowest BCUT2D eigenvalue weighted by Crippen LogP contribution is -1.99. The molecule has 0 radical (unpaired) electrons. The lowest BCUT2D eigenvalue weighted by molar-refractivity contribution is 0.0687. The van der Waals surface area contributed by atoms with E-state index in [-0.39, 0.29) is 11.6 Å². The van der Waals surface area contributed by atoms with Crippen LogP contribution in [0.4, 0.5) is 0 Å². The predicted molar refractivity (Wildman–Crippen MR) is 85.0 cm³/mol. The number of rotatable bonds is 4. The van der Waals surface area contributed by atoms with Crippen molar-refractivity contribution in [1.82, 2.24) is 15.4 Å². The van der Waals surface area contributed by atoms with Gasteiger partial charge < -0.3 is 9.84 Å². The summed E-state index contributed by atoms with van der Waals surface area (Å²) in [5, 5.41) is 19.0. The van der Waals surface area contributed by atoms with Crippen LogP contribution in [0.1, 0.15) is 16.1 Å². The Morgan fingerprint density at radius 3 is 2.57 bits per heavy atom. The average molecular weight is 330 g/mol. The number of carbonyl (C=O) groups is 1. The molecule has 116 valence electrons. The molecule has 1 aromatic heterocycles. The number of hydrogen-bond donors (Lipinski definition) is 2. The van der Waals surface area contributed by atoms with E-state index in [4.69, 9.17) is 21.4 Å². The molecule has 0 aliphatic carbocycles. The average Bonchev–Trinajstić information content (AvgIpc) is 2.95. The summed E-state index contributed by atoms with van der Waals surface area (Å²) in [6, 6.07) is 13.0. The molecule has 2 aromatic carbocycles. The van der Waals surface area contributed by atoms with Crippen molar-refractivity contribution in [3.8, 4) is 22.8 Å². The number of carboxylic acids is 1. The van der Waals surface area contributed by atoms with Crippen LogP contribution in [0.5, 0.6) is 11.6 Å². The quantitative estimate of drug-likeness (QED) is 0.757. The molecule has 0 unspecified atom stereocenters. The molecule has 0 aliphatic rings. The van der Waals surface area contributed by atoms with Gasteiger partial charge in [0.05, 0.1) is 0 Å². The number of aromatic amines is 1. The van der Waals surface area contributed by atoms with Gasteiger partial charge in [-0.2, -0.15) is 0 Å². The van der Waals surface area contributed by atoms with E-state index in [0.29, 0.717) is 10.8 Å². The summed E-state index contributed by atoms with van der Waals surface area (Å²) in [5.41, 5.74) is 2.84. The van der Waals surface area contributed by atoms with E-state index in [9.17, 15) is 4.79 Å². The largest absolute Gasteiger partial charge is 0.476 e. The van der Waals surface area contributed by atoms with Crippen LogP contribution < -0.4 is 4.74 Å². The van der Waals surface area contributed by atoms with Crippen LogP contribution in [0, 0.1) is 6.92 Å². The summed E-state index contributed by atoms with van der Waals surface area (Å²) < 4.78 is 5.44. The zero-order valence-electron chi connectivity index (χ0n) is 12.1. The van der Waals surface area contributed by atoms with Crippen molar-refractivity contribution in [2.45, 2.75) is 6.92 Å². The Morgan fingerprint density at radius 2 is 1.91 bits per heavy atom. The number of aromatic nitrogens is 3. The molecule has 0 amide bonds. The summed E-state index contributed by atoms with van der Waals surface area (Å²) in [4.78, 5) is 11.0. The summed E-state index contributed by atoms with van der Waals surface area (Å²) in [7, 11) is 0. The Kier molecular flexibility index (Phi) is 3.99. The first kappa shape index (κ1) is 15.1. The number of benzene rings is 2. The van der Waals surface area contributed by atoms with Crippen molar-refractivity contribution in [2.75, 3.05) is 0 Å². The molecule has 2 N–H and O–H groups in total. The number of carboxylic acid groups (broad SMARTS) is 1. The molecule has 0 spiro atoms. The lowest BCUT2D eigenvalue weighted by atomic mass is 10.0. The predicted octanol–water partition coefficient (Wildman–Crippen LogP) is 3.92. The van der Waals surface area contributed by atoms with Crippen molar-refractivity contribution in [3.05, 3.63) is 58.7 Å².